The number of nitrogens with zero attached hydrogens (tertiary/aromatic N) is 1. The molecule has 0 fully saturated rings. The van der Waals surface area contributed by atoms with Crippen LogP contribution in [0.5, 0.6) is 0 Å². The molecule has 0 aliphatic heterocycles. The summed E-state index contributed by atoms with van der Waals surface area (Å²) in [5, 5.41) is 2.36. The van der Waals surface area contributed by atoms with Crippen LogP contribution in [0.1, 0.15) is 29.2 Å². The summed E-state index contributed by atoms with van der Waals surface area (Å²) < 4.78 is 6.37. The lowest BCUT2D eigenvalue weighted by Crippen LogP contribution is -2.06. The van der Waals surface area contributed by atoms with E-state index in [-0.39, 0.29) is 6.10 Å². The highest BCUT2D eigenvalue weighted by atomic mass is 16.5. The van der Waals surface area contributed by atoms with E-state index in [0.29, 0.717) is 6.61 Å². The molecule has 3 aromatic carbocycles. The monoisotopic (exact) mass is 353 g/mol. The summed E-state index contributed by atoms with van der Waals surface area (Å²) >= 11 is 0. The molecule has 0 N–H and O–H groups in total. The van der Waals surface area contributed by atoms with Crippen LogP contribution >= 0.6 is 0 Å². The number of aryl methyl sites for hydroxylation is 1. The predicted octanol–water partition coefficient (Wildman–Crippen LogP) is 6.13. The second kappa shape index (κ2) is 8.61. The highest BCUT2D eigenvalue weighted by Crippen LogP contribution is 2.27. The smallest absolute Gasteiger partial charge is 0.0832 e. The highest BCUT2D eigenvalue weighted by Gasteiger charge is 2.13. The number of rotatable bonds is 7. The van der Waals surface area contributed by atoms with Gasteiger partial charge < -0.3 is 4.74 Å². The lowest BCUT2D eigenvalue weighted by atomic mass is 9.99. The van der Waals surface area contributed by atoms with Gasteiger partial charge in [0.2, 0.25) is 0 Å². The van der Waals surface area contributed by atoms with Gasteiger partial charge in [0.15, 0.2) is 0 Å². The zero-order valence-corrected chi connectivity index (χ0v) is 15.3. The van der Waals surface area contributed by atoms with E-state index in [9.17, 15) is 0 Å². The molecular weight excluding hydrogens is 330 g/mol. The SMILES string of the molecule is c1ccc(CCC(OCc2ccccc2)c2ccc3cnccc3c2)cc1. The fraction of sp³-hybridized carbons (Fsp3) is 0.160. The van der Waals surface area contributed by atoms with Crippen molar-refractivity contribution < 1.29 is 4.74 Å². The first kappa shape index (κ1) is 17.4. The number of aromatic nitrogens is 1. The molecule has 0 radical (unpaired) electrons. The molecule has 0 amide bonds. The molecule has 0 saturated carbocycles. The third kappa shape index (κ3) is 4.60. The van der Waals surface area contributed by atoms with E-state index in [1.807, 2.05) is 18.5 Å². The van der Waals surface area contributed by atoms with E-state index in [0.717, 1.165) is 18.2 Å². The first-order valence-electron chi connectivity index (χ1n) is 9.41. The molecule has 0 saturated heterocycles. The van der Waals surface area contributed by atoms with Crippen LogP contribution in [0.3, 0.4) is 0 Å². The first-order chi connectivity index (χ1) is 13.4. The average molecular weight is 353 g/mol. The number of ether oxygens (including phenoxy) is 1. The summed E-state index contributed by atoms with van der Waals surface area (Å²) in [7, 11) is 0. The van der Waals surface area contributed by atoms with Gasteiger partial charge in [-0.3, -0.25) is 4.98 Å². The predicted molar refractivity (Wildman–Crippen MR) is 110 cm³/mol. The van der Waals surface area contributed by atoms with Crippen molar-refractivity contribution in [2.45, 2.75) is 25.6 Å². The maximum atomic E-state index is 6.37. The molecule has 1 unspecified atom stereocenters. The average Bonchev–Trinajstić information content (AvgIpc) is 2.75. The number of fused-ring (bicyclic) bond motifs is 1. The summed E-state index contributed by atoms with van der Waals surface area (Å²) in [6.07, 6.45) is 5.75. The Morgan fingerprint density at radius 2 is 1.48 bits per heavy atom. The third-order valence-corrected chi connectivity index (χ3v) is 4.87. The molecule has 4 rings (SSSR count). The second-order valence-electron chi connectivity index (χ2n) is 6.79. The second-order valence-corrected chi connectivity index (χ2v) is 6.79. The van der Waals surface area contributed by atoms with Gasteiger partial charge >= 0.3 is 0 Å². The summed E-state index contributed by atoms with van der Waals surface area (Å²) in [5.41, 5.74) is 3.77. The Labute approximate surface area is 160 Å². The normalized spacial score (nSPS) is 12.1. The Morgan fingerprint density at radius 1 is 0.741 bits per heavy atom. The quantitative estimate of drug-likeness (QED) is 0.399. The number of hydrogen-bond acceptors (Lipinski definition) is 2. The molecular formula is C25H23NO. The van der Waals surface area contributed by atoms with Crippen LogP contribution in [-0.2, 0) is 17.8 Å². The Kier molecular flexibility index (Phi) is 5.56. The van der Waals surface area contributed by atoms with Gasteiger partial charge in [-0.15, -0.1) is 0 Å². The van der Waals surface area contributed by atoms with Crippen LogP contribution in [0.15, 0.2) is 97.3 Å². The Bertz CT molecular complexity index is 939. The van der Waals surface area contributed by atoms with Crippen molar-refractivity contribution in [1.82, 2.24) is 4.98 Å². The van der Waals surface area contributed by atoms with Crippen molar-refractivity contribution >= 4 is 10.8 Å². The Balaban J connectivity index is 1.55. The van der Waals surface area contributed by atoms with E-state index >= 15 is 0 Å². The molecule has 0 aliphatic carbocycles. The van der Waals surface area contributed by atoms with E-state index in [1.54, 1.807) is 0 Å². The summed E-state index contributed by atoms with van der Waals surface area (Å²) in [6.45, 7) is 0.620. The summed E-state index contributed by atoms with van der Waals surface area (Å²) in [4.78, 5) is 4.21. The van der Waals surface area contributed by atoms with Crippen LogP contribution < -0.4 is 0 Å². The zero-order valence-electron chi connectivity index (χ0n) is 15.3. The third-order valence-electron chi connectivity index (χ3n) is 4.87. The standard InChI is InChI=1S/C25H23NO/c1-3-7-20(8-4-1)11-14-25(27-19-21-9-5-2-6-10-21)23-12-13-24-18-26-16-15-22(24)17-23/h1-10,12-13,15-18,25H,11,14,19H2. The molecule has 0 spiro atoms. The minimum atomic E-state index is 0.0583. The van der Waals surface area contributed by atoms with E-state index in [2.05, 4.69) is 83.8 Å². The van der Waals surface area contributed by atoms with Crippen molar-refractivity contribution in [3.63, 3.8) is 0 Å². The van der Waals surface area contributed by atoms with Gasteiger partial charge in [0.1, 0.15) is 0 Å². The molecule has 4 aromatic rings. The van der Waals surface area contributed by atoms with Crippen LogP contribution in [0.4, 0.5) is 0 Å². The van der Waals surface area contributed by atoms with Crippen molar-refractivity contribution in [3.8, 4) is 0 Å². The maximum Gasteiger partial charge on any atom is 0.0832 e. The molecule has 1 aromatic heterocycles. The fourth-order valence-corrected chi connectivity index (χ4v) is 3.36. The van der Waals surface area contributed by atoms with E-state index in [4.69, 9.17) is 4.74 Å². The fourth-order valence-electron chi connectivity index (χ4n) is 3.36. The van der Waals surface area contributed by atoms with Crippen LogP contribution in [-0.4, -0.2) is 4.98 Å². The van der Waals surface area contributed by atoms with Gasteiger partial charge in [-0.2, -0.15) is 0 Å². The van der Waals surface area contributed by atoms with Gasteiger partial charge in [-0.25, -0.2) is 0 Å². The van der Waals surface area contributed by atoms with Gasteiger partial charge in [0.05, 0.1) is 12.7 Å². The molecule has 1 atom stereocenters. The number of hydrogen-bond donors (Lipinski definition) is 0. The lowest BCUT2D eigenvalue weighted by Gasteiger charge is -2.19. The summed E-state index contributed by atoms with van der Waals surface area (Å²) in [5.74, 6) is 0. The molecule has 27 heavy (non-hydrogen) atoms. The number of pyridine rings is 1. The van der Waals surface area contributed by atoms with Gasteiger partial charge in [0, 0.05) is 17.8 Å². The van der Waals surface area contributed by atoms with Crippen molar-refractivity contribution in [1.29, 1.82) is 0 Å². The first-order valence-corrected chi connectivity index (χ1v) is 9.41. The molecule has 0 bridgehead atoms. The number of benzene rings is 3. The minimum Gasteiger partial charge on any atom is -0.369 e. The van der Waals surface area contributed by atoms with Crippen molar-refractivity contribution in [2.75, 3.05) is 0 Å². The van der Waals surface area contributed by atoms with E-state index in [1.165, 1.54) is 22.1 Å². The van der Waals surface area contributed by atoms with Gasteiger partial charge in [0.25, 0.3) is 0 Å². The van der Waals surface area contributed by atoms with E-state index < -0.39 is 0 Å². The topological polar surface area (TPSA) is 22.1 Å². The minimum absolute atomic E-state index is 0.0583. The van der Waals surface area contributed by atoms with Crippen molar-refractivity contribution in [3.05, 3.63) is 114 Å². The maximum absolute atomic E-state index is 6.37. The zero-order chi connectivity index (χ0) is 18.3. The van der Waals surface area contributed by atoms with Crippen LogP contribution in [0, 0.1) is 0 Å². The molecule has 0 aliphatic rings. The van der Waals surface area contributed by atoms with Crippen LogP contribution in [0.25, 0.3) is 10.8 Å². The van der Waals surface area contributed by atoms with Crippen molar-refractivity contribution in [2.24, 2.45) is 0 Å². The largest absolute Gasteiger partial charge is 0.369 e. The van der Waals surface area contributed by atoms with Crippen LogP contribution in [0.2, 0.25) is 0 Å². The highest BCUT2D eigenvalue weighted by molar-refractivity contribution is 5.82. The Morgan fingerprint density at radius 3 is 2.26 bits per heavy atom. The summed E-state index contributed by atoms with van der Waals surface area (Å²) in [6, 6.07) is 29.6. The van der Waals surface area contributed by atoms with Gasteiger partial charge in [-0.05, 0) is 47.1 Å². The molecule has 134 valence electrons. The molecule has 2 nitrogen and oxygen atoms in total. The molecule has 2 heteroatoms. The lowest BCUT2D eigenvalue weighted by molar-refractivity contribution is 0.0341. The molecule has 1 heterocycles. The Hall–Kier alpha value is -2.97. The van der Waals surface area contributed by atoms with Gasteiger partial charge in [-0.1, -0.05) is 72.8 Å².